The fourth-order valence-corrected chi connectivity index (χ4v) is 5.35. The van der Waals surface area contributed by atoms with Gasteiger partial charge < -0.3 is 15.2 Å². The second-order valence-corrected chi connectivity index (χ2v) is 10.4. The lowest BCUT2D eigenvalue weighted by Crippen LogP contribution is -2.47. The van der Waals surface area contributed by atoms with Gasteiger partial charge in [-0.15, -0.1) is 0 Å². The summed E-state index contributed by atoms with van der Waals surface area (Å²) in [6, 6.07) is 24.7. The minimum absolute atomic E-state index is 0.0124. The van der Waals surface area contributed by atoms with Crippen molar-refractivity contribution < 1.29 is 14.0 Å². The number of para-hydroxylation sites is 1. The van der Waals surface area contributed by atoms with Crippen LogP contribution in [0.25, 0.3) is 10.9 Å². The van der Waals surface area contributed by atoms with Gasteiger partial charge in [0, 0.05) is 29.9 Å². The zero-order chi connectivity index (χ0) is 26.6. The summed E-state index contributed by atoms with van der Waals surface area (Å²) in [6.07, 6.45) is 1.46. The molecule has 3 atom stereocenters. The van der Waals surface area contributed by atoms with Crippen LogP contribution in [0.3, 0.4) is 0 Å². The molecule has 1 aliphatic rings. The van der Waals surface area contributed by atoms with Crippen LogP contribution in [0.4, 0.5) is 4.39 Å². The average Bonchev–Trinajstić information content (AvgIpc) is 3.54. The largest absolute Gasteiger partial charge is 0.361 e. The van der Waals surface area contributed by atoms with Crippen molar-refractivity contribution in [1.29, 1.82) is 0 Å². The minimum Gasteiger partial charge on any atom is -0.361 e. The van der Waals surface area contributed by atoms with Crippen LogP contribution in [-0.2, 0) is 16.0 Å². The molecule has 38 heavy (non-hydrogen) atoms. The number of fused-ring (bicyclic) bond motifs is 1. The van der Waals surface area contributed by atoms with Gasteiger partial charge in [-0.1, -0.05) is 86.6 Å². The van der Waals surface area contributed by atoms with E-state index in [1.165, 1.54) is 10.5 Å². The molecule has 1 aliphatic heterocycles. The van der Waals surface area contributed by atoms with Gasteiger partial charge in [0.1, 0.15) is 12.2 Å². The van der Waals surface area contributed by atoms with Crippen LogP contribution in [0, 0.1) is 0 Å². The topological polar surface area (TPSA) is 65.2 Å². The van der Waals surface area contributed by atoms with E-state index in [1.54, 1.807) is 0 Å². The fraction of sp³-hybridized carbons (Fsp3) is 0.312. The molecule has 2 N–H and O–H groups in total. The molecular weight excluding hydrogens is 477 g/mol. The molecule has 0 saturated carbocycles. The Morgan fingerprint density at radius 2 is 1.61 bits per heavy atom. The Kier molecular flexibility index (Phi) is 7.59. The highest BCUT2D eigenvalue weighted by molar-refractivity contribution is 5.89. The van der Waals surface area contributed by atoms with Crippen molar-refractivity contribution in [2.24, 2.45) is 0 Å². The van der Waals surface area contributed by atoms with Crippen LogP contribution >= 0.6 is 0 Å². The number of carbonyl (C=O) groups is 2. The molecule has 2 amide bonds. The lowest BCUT2D eigenvalue weighted by Gasteiger charge is -2.27. The van der Waals surface area contributed by atoms with Crippen LogP contribution in [-0.4, -0.2) is 40.5 Å². The molecular formula is C32H34FN3O2. The molecule has 5 nitrogen and oxygen atoms in total. The number of benzene rings is 3. The molecule has 1 fully saturated rings. The number of rotatable bonds is 8. The number of hydrogen-bond acceptors (Lipinski definition) is 2. The average molecular weight is 512 g/mol. The minimum atomic E-state index is -1.22. The zero-order valence-corrected chi connectivity index (χ0v) is 21.9. The van der Waals surface area contributed by atoms with Gasteiger partial charge in [0.2, 0.25) is 11.8 Å². The van der Waals surface area contributed by atoms with Crippen molar-refractivity contribution in [3.05, 3.63) is 107 Å². The standard InChI is InChI=1S/C32H34FN3O2/c1-21(2)22-12-14-24(15-13-22)31(23-8-4-3-5-9-23)35-32(38)29-18-26(33)20-36(29)30(37)17-16-25-19-34-28-11-7-6-10-27(25)28/h3-15,19,21,26,29,31,34H,16-18,20H2,1-2H3,(H,35,38)/t26-,29+,31+/m1/s1. The predicted molar refractivity (Wildman–Crippen MR) is 149 cm³/mol. The normalized spacial score (nSPS) is 18.2. The number of nitrogens with zero attached hydrogens (tertiary/aromatic N) is 1. The number of likely N-dealkylation sites (tertiary alicyclic amines) is 1. The Hall–Kier alpha value is -3.93. The van der Waals surface area contributed by atoms with Crippen molar-refractivity contribution in [2.45, 2.75) is 57.3 Å². The highest BCUT2D eigenvalue weighted by atomic mass is 19.1. The summed E-state index contributed by atoms with van der Waals surface area (Å²) in [5.74, 6) is -0.127. The second kappa shape index (κ2) is 11.2. The monoisotopic (exact) mass is 511 g/mol. The van der Waals surface area contributed by atoms with Crippen molar-refractivity contribution >= 4 is 22.7 Å². The molecule has 196 valence electrons. The molecule has 0 unspecified atom stereocenters. The van der Waals surface area contributed by atoms with Gasteiger partial charge in [-0.05, 0) is 40.7 Å². The molecule has 4 aromatic rings. The maximum absolute atomic E-state index is 14.6. The Morgan fingerprint density at radius 3 is 2.34 bits per heavy atom. The number of alkyl halides is 1. The van der Waals surface area contributed by atoms with Crippen LogP contribution < -0.4 is 5.32 Å². The van der Waals surface area contributed by atoms with E-state index >= 15 is 0 Å². The molecule has 0 radical (unpaired) electrons. The summed E-state index contributed by atoms with van der Waals surface area (Å²) in [5, 5.41) is 4.21. The van der Waals surface area contributed by atoms with Gasteiger partial charge in [0.15, 0.2) is 0 Å². The third-order valence-corrected chi connectivity index (χ3v) is 7.51. The molecule has 2 heterocycles. The molecule has 3 aromatic carbocycles. The molecule has 6 heteroatoms. The van der Waals surface area contributed by atoms with E-state index in [4.69, 9.17) is 0 Å². The predicted octanol–water partition coefficient (Wildman–Crippen LogP) is 6.07. The Labute approximate surface area is 223 Å². The molecule has 0 bridgehead atoms. The molecule has 1 aromatic heterocycles. The Balaban J connectivity index is 1.32. The summed E-state index contributed by atoms with van der Waals surface area (Å²) in [5.41, 5.74) is 5.16. The summed E-state index contributed by atoms with van der Waals surface area (Å²) in [4.78, 5) is 31.5. The van der Waals surface area contributed by atoms with Gasteiger partial charge in [-0.2, -0.15) is 0 Å². The number of hydrogen-bond donors (Lipinski definition) is 2. The number of aromatic nitrogens is 1. The van der Waals surface area contributed by atoms with Gasteiger partial charge >= 0.3 is 0 Å². The summed E-state index contributed by atoms with van der Waals surface area (Å²) in [7, 11) is 0. The maximum atomic E-state index is 14.6. The van der Waals surface area contributed by atoms with Gasteiger partial charge in [0.25, 0.3) is 0 Å². The lowest BCUT2D eigenvalue weighted by atomic mass is 9.95. The summed E-state index contributed by atoms with van der Waals surface area (Å²) >= 11 is 0. The third kappa shape index (κ3) is 5.49. The first-order chi connectivity index (χ1) is 18.4. The molecule has 5 rings (SSSR count). The Bertz CT molecular complexity index is 1400. The highest BCUT2D eigenvalue weighted by Crippen LogP contribution is 2.28. The van der Waals surface area contributed by atoms with Crippen LogP contribution in [0.15, 0.2) is 85.1 Å². The lowest BCUT2D eigenvalue weighted by molar-refractivity contribution is -0.138. The molecule has 0 spiro atoms. The first kappa shape index (κ1) is 25.7. The number of H-pyrrole nitrogens is 1. The van der Waals surface area contributed by atoms with Gasteiger partial charge in [-0.3, -0.25) is 9.59 Å². The Morgan fingerprint density at radius 1 is 0.947 bits per heavy atom. The highest BCUT2D eigenvalue weighted by Gasteiger charge is 2.40. The van der Waals surface area contributed by atoms with Gasteiger partial charge in [0.05, 0.1) is 12.6 Å². The first-order valence-electron chi connectivity index (χ1n) is 13.3. The van der Waals surface area contributed by atoms with E-state index < -0.39 is 18.3 Å². The van der Waals surface area contributed by atoms with Gasteiger partial charge in [-0.25, -0.2) is 4.39 Å². The quantitative estimate of drug-likeness (QED) is 0.302. The van der Waals surface area contributed by atoms with E-state index in [0.29, 0.717) is 12.3 Å². The van der Waals surface area contributed by atoms with Crippen molar-refractivity contribution in [3.8, 4) is 0 Å². The number of nitrogens with one attached hydrogen (secondary N) is 2. The number of carbonyl (C=O) groups excluding carboxylic acids is 2. The van der Waals surface area contributed by atoms with Crippen molar-refractivity contribution in [3.63, 3.8) is 0 Å². The van der Waals surface area contributed by atoms with E-state index in [-0.39, 0.29) is 31.2 Å². The number of aryl methyl sites for hydroxylation is 1. The molecule has 1 saturated heterocycles. The van der Waals surface area contributed by atoms with E-state index in [1.807, 2.05) is 72.9 Å². The van der Waals surface area contributed by atoms with Crippen molar-refractivity contribution in [2.75, 3.05) is 6.54 Å². The van der Waals surface area contributed by atoms with E-state index in [0.717, 1.165) is 27.6 Å². The van der Waals surface area contributed by atoms with Crippen LogP contribution in [0.1, 0.15) is 60.9 Å². The number of aromatic amines is 1. The maximum Gasteiger partial charge on any atom is 0.243 e. The third-order valence-electron chi connectivity index (χ3n) is 7.51. The smallest absolute Gasteiger partial charge is 0.243 e. The van der Waals surface area contributed by atoms with Crippen LogP contribution in [0.5, 0.6) is 0 Å². The molecule has 0 aliphatic carbocycles. The zero-order valence-electron chi connectivity index (χ0n) is 21.9. The SMILES string of the molecule is CC(C)c1ccc([C@@H](NC(=O)[C@@H]2C[C@@H](F)CN2C(=O)CCc2c[nH]c3ccccc23)c2ccccc2)cc1. The summed E-state index contributed by atoms with van der Waals surface area (Å²) < 4.78 is 14.6. The summed E-state index contributed by atoms with van der Waals surface area (Å²) in [6.45, 7) is 4.23. The van der Waals surface area contributed by atoms with Crippen LogP contribution in [0.2, 0.25) is 0 Å². The number of halogens is 1. The van der Waals surface area contributed by atoms with E-state index in [2.05, 4.69) is 36.3 Å². The fourth-order valence-electron chi connectivity index (χ4n) is 5.35. The second-order valence-electron chi connectivity index (χ2n) is 10.4. The number of amides is 2. The van der Waals surface area contributed by atoms with Crippen molar-refractivity contribution in [1.82, 2.24) is 15.2 Å². The first-order valence-corrected chi connectivity index (χ1v) is 13.3. The van der Waals surface area contributed by atoms with E-state index in [9.17, 15) is 14.0 Å².